The highest BCUT2D eigenvalue weighted by Gasteiger charge is 2.41. The molecule has 0 fully saturated rings. The predicted molar refractivity (Wildman–Crippen MR) is 222 cm³/mol. The van der Waals surface area contributed by atoms with E-state index in [0.717, 1.165) is 35.6 Å². The van der Waals surface area contributed by atoms with Crippen LogP contribution in [0.25, 0.3) is 88.5 Å². The molecule has 10 aromatic rings. The standard InChI is InChI=1S/C49H38N4/c1-4-30-51-41-25-15-12-22-38(41)50-48(51)31-26-28-33(29-27-31)53-39-23-13-9-19-35(39)43-45-42(34-18-8-11-21-37(34)49(45,2)3)46-44(47(43)53)36-20-10-14-24-40(36)52(46)32-16-6-5-7-17-32/h5-29H,4,30H2,1-3H3. The first-order chi connectivity index (χ1) is 26.1. The molecule has 0 atom stereocenters. The molecule has 1 aliphatic rings. The van der Waals surface area contributed by atoms with Crippen LogP contribution < -0.4 is 0 Å². The zero-order valence-corrected chi connectivity index (χ0v) is 30.1. The number of aromatic nitrogens is 4. The van der Waals surface area contributed by atoms with Crippen LogP contribution in [0.2, 0.25) is 0 Å². The largest absolute Gasteiger partial charge is 0.324 e. The number of nitrogens with zero attached hydrogens (tertiary/aromatic N) is 4. The van der Waals surface area contributed by atoms with E-state index in [0.29, 0.717) is 0 Å². The van der Waals surface area contributed by atoms with E-state index < -0.39 is 0 Å². The van der Waals surface area contributed by atoms with Gasteiger partial charge in [-0.2, -0.15) is 0 Å². The van der Waals surface area contributed by atoms with Gasteiger partial charge < -0.3 is 13.7 Å². The Labute approximate surface area is 308 Å². The molecule has 11 rings (SSSR count). The Morgan fingerprint density at radius 1 is 0.547 bits per heavy atom. The van der Waals surface area contributed by atoms with Crippen LogP contribution in [0.15, 0.2) is 152 Å². The fraction of sp³-hybridized carbons (Fsp3) is 0.122. The van der Waals surface area contributed by atoms with Gasteiger partial charge in [0, 0.05) is 56.0 Å². The summed E-state index contributed by atoms with van der Waals surface area (Å²) >= 11 is 0. The van der Waals surface area contributed by atoms with Crippen LogP contribution in [0.5, 0.6) is 0 Å². The van der Waals surface area contributed by atoms with Crippen LogP contribution in [0.1, 0.15) is 38.3 Å². The van der Waals surface area contributed by atoms with E-state index in [1.807, 2.05) is 0 Å². The van der Waals surface area contributed by atoms with Gasteiger partial charge in [0.15, 0.2) is 0 Å². The Kier molecular flexibility index (Phi) is 6.31. The lowest BCUT2D eigenvalue weighted by Crippen LogP contribution is -2.15. The molecule has 0 saturated heterocycles. The van der Waals surface area contributed by atoms with Crippen LogP contribution in [-0.4, -0.2) is 18.7 Å². The fourth-order valence-corrected chi connectivity index (χ4v) is 9.58. The molecule has 3 heterocycles. The summed E-state index contributed by atoms with van der Waals surface area (Å²) in [6.45, 7) is 8.00. The second-order valence-corrected chi connectivity index (χ2v) is 15.0. The first kappa shape index (κ1) is 30.3. The summed E-state index contributed by atoms with van der Waals surface area (Å²) < 4.78 is 7.42. The summed E-state index contributed by atoms with van der Waals surface area (Å²) in [6, 6.07) is 55.6. The summed E-state index contributed by atoms with van der Waals surface area (Å²) in [7, 11) is 0. The minimum absolute atomic E-state index is 0.215. The number of aryl methyl sites for hydroxylation is 1. The van der Waals surface area contributed by atoms with Gasteiger partial charge in [0.2, 0.25) is 0 Å². The molecular weight excluding hydrogens is 645 g/mol. The molecule has 0 saturated carbocycles. The van der Waals surface area contributed by atoms with Gasteiger partial charge in [-0.1, -0.05) is 112 Å². The monoisotopic (exact) mass is 682 g/mol. The molecule has 0 amide bonds. The van der Waals surface area contributed by atoms with Gasteiger partial charge in [-0.3, -0.25) is 0 Å². The molecule has 0 spiro atoms. The van der Waals surface area contributed by atoms with Crippen molar-refractivity contribution in [3.8, 4) is 33.9 Å². The minimum atomic E-state index is -0.215. The topological polar surface area (TPSA) is 27.7 Å². The smallest absolute Gasteiger partial charge is 0.141 e. The summed E-state index contributed by atoms with van der Waals surface area (Å²) in [6.07, 6.45) is 1.05. The molecule has 254 valence electrons. The Morgan fingerprint density at radius 3 is 1.87 bits per heavy atom. The summed E-state index contributed by atoms with van der Waals surface area (Å²) in [4.78, 5) is 5.13. The predicted octanol–water partition coefficient (Wildman–Crippen LogP) is 12.6. The van der Waals surface area contributed by atoms with Crippen molar-refractivity contribution in [3.63, 3.8) is 0 Å². The fourth-order valence-electron chi connectivity index (χ4n) is 9.58. The number of hydrogen-bond acceptors (Lipinski definition) is 1. The van der Waals surface area contributed by atoms with Crippen LogP contribution >= 0.6 is 0 Å². The normalized spacial score (nSPS) is 13.5. The lowest BCUT2D eigenvalue weighted by atomic mass is 9.80. The van der Waals surface area contributed by atoms with Crippen molar-refractivity contribution < 1.29 is 0 Å². The lowest BCUT2D eigenvalue weighted by Gasteiger charge is -2.23. The summed E-state index contributed by atoms with van der Waals surface area (Å²) in [5, 5.41) is 5.17. The van der Waals surface area contributed by atoms with Crippen LogP contribution in [-0.2, 0) is 12.0 Å². The Balaban J connectivity index is 1.30. The quantitative estimate of drug-likeness (QED) is 0.178. The van der Waals surface area contributed by atoms with Crippen LogP contribution in [0, 0.1) is 0 Å². The van der Waals surface area contributed by atoms with Gasteiger partial charge in [0.1, 0.15) is 5.82 Å². The zero-order chi connectivity index (χ0) is 35.4. The average molecular weight is 683 g/mol. The summed E-state index contributed by atoms with van der Waals surface area (Å²) in [5.41, 5.74) is 15.9. The van der Waals surface area contributed by atoms with Crippen molar-refractivity contribution in [2.24, 2.45) is 0 Å². The highest BCUT2D eigenvalue weighted by Crippen LogP contribution is 2.58. The van der Waals surface area contributed by atoms with Gasteiger partial charge in [0.25, 0.3) is 0 Å². The number of rotatable bonds is 5. The molecule has 4 heteroatoms. The second-order valence-electron chi connectivity index (χ2n) is 15.0. The first-order valence-electron chi connectivity index (χ1n) is 18.8. The number of fused-ring (bicyclic) bond motifs is 13. The maximum Gasteiger partial charge on any atom is 0.141 e. The van der Waals surface area contributed by atoms with Crippen molar-refractivity contribution in [2.75, 3.05) is 0 Å². The third-order valence-electron chi connectivity index (χ3n) is 11.7. The zero-order valence-electron chi connectivity index (χ0n) is 30.1. The van der Waals surface area contributed by atoms with E-state index in [-0.39, 0.29) is 5.41 Å². The van der Waals surface area contributed by atoms with E-state index in [1.54, 1.807) is 0 Å². The number of para-hydroxylation sites is 5. The van der Waals surface area contributed by atoms with Gasteiger partial charge in [-0.15, -0.1) is 0 Å². The molecule has 3 aromatic heterocycles. The maximum absolute atomic E-state index is 5.13. The number of benzene rings is 7. The highest BCUT2D eigenvalue weighted by molar-refractivity contribution is 6.31. The van der Waals surface area contributed by atoms with E-state index >= 15 is 0 Å². The molecule has 1 aliphatic carbocycles. The highest BCUT2D eigenvalue weighted by atomic mass is 15.1. The van der Waals surface area contributed by atoms with Gasteiger partial charge in [0.05, 0.1) is 33.1 Å². The Bertz CT molecular complexity index is 3080. The molecule has 0 aliphatic heterocycles. The van der Waals surface area contributed by atoms with E-state index in [4.69, 9.17) is 4.98 Å². The maximum atomic E-state index is 5.13. The number of imidazole rings is 1. The Hall–Kier alpha value is -6.39. The first-order valence-corrected chi connectivity index (χ1v) is 18.8. The lowest BCUT2D eigenvalue weighted by molar-refractivity contribution is 0.667. The van der Waals surface area contributed by atoms with Crippen molar-refractivity contribution in [2.45, 2.75) is 39.2 Å². The van der Waals surface area contributed by atoms with Crippen molar-refractivity contribution in [3.05, 3.63) is 163 Å². The molecule has 0 unspecified atom stereocenters. The van der Waals surface area contributed by atoms with Crippen LogP contribution in [0.3, 0.4) is 0 Å². The van der Waals surface area contributed by atoms with Crippen molar-refractivity contribution in [1.29, 1.82) is 0 Å². The average Bonchev–Trinajstić information content (AvgIpc) is 3.91. The Morgan fingerprint density at radius 2 is 1.13 bits per heavy atom. The van der Waals surface area contributed by atoms with E-state index in [9.17, 15) is 0 Å². The van der Waals surface area contributed by atoms with Crippen molar-refractivity contribution in [1.82, 2.24) is 18.7 Å². The minimum Gasteiger partial charge on any atom is -0.324 e. The number of hydrogen-bond donors (Lipinski definition) is 0. The van der Waals surface area contributed by atoms with Gasteiger partial charge >= 0.3 is 0 Å². The SMILES string of the molecule is CCCn1c(-c2ccc(-n3c4ccccc4c4c5c(c6c(c7ccccc7n6-c6ccccc6)c43)-c3ccccc3C5(C)C)cc2)nc2ccccc21. The molecule has 0 bridgehead atoms. The molecule has 7 aromatic carbocycles. The van der Waals surface area contributed by atoms with Crippen molar-refractivity contribution >= 4 is 54.6 Å². The molecular formula is C49H38N4. The molecule has 0 radical (unpaired) electrons. The summed E-state index contributed by atoms with van der Waals surface area (Å²) in [5.74, 6) is 1.02. The third-order valence-corrected chi connectivity index (χ3v) is 11.7. The van der Waals surface area contributed by atoms with Gasteiger partial charge in [-0.25, -0.2) is 4.98 Å². The third kappa shape index (κ3) is 4.04. The van der Waals surface area contributed by atoms with Crippen LogP contribution in [0.4, 0.5) is 0 Å². The van der Waals surface area contributed by atoms with Gasteiger partial charge in [-0.05, 0) is 83.8 Å². The van der Waals surface area contributed by atoms with E-state index in [1.165, 1.54) is 77.1 Å². The second kappa shape index (κ2) is 11.1. The molecule has 0 N–H and O–H groups in total. The molecule has 4 nitrogen and oxygen atoms in total. The van der Waals surface area contributed by atoms with E-state index in [2.05, 4.69) is 186 Å². The molecule has 53 heavy (non-hydrogen) atoms.